The normalized spacial score (nSPS) is 16.9. The van der Waals surface area contributed by atoms with Gasteiger partial charge in [-0.1, -0.05) is 48.3 Å². The molecule has 4 aromatic rings. The average molecular weight is 454 g/mol. The first kappa shape index (κ1) is 20.8. The third-order valence-corrected chi connectivity index (χ3v) is 7.04. The van der Waals surface area contributed by atoms with Gasteiger partial charge in [0.2, 0.25) is 11.7 Å². The van der Waals surface area contributed by atoms with Crippen molar-refractivity contribution in [3.8, 4) is 11.4 Å². The highest BCUT2D eigenvalue weighted by molar-refractivity contribution is 5.98. The Balaban J connectivity index is 1.09. The summed E-state index contributed by atoms with van der Waals surface area (Å²) in [4.78, 5) is 26.5. The quantitative estimate of drug-likeness (QED) is 0.437. The van der Waals surface area contributed by atoms with E-state index in [9.17, 15) is 4.79 Å². The third kappa shape index (κ3) is 4.02. The number of anilines is 1. The van der Waals surface area contributed by atoms with Crippen LogP contribution in [0, 0.1) is 0 Å². The molecule has 2 fully saturated rings. The molecule has 7 nitrogen and oxygen atoms in total. The van der Waals surface area contributed by atoms with Crippen LogP contribution in [0.5, 0.6) is 0 Å². The lowest BCUT2D eigenvalue weighted by Gasteiger charge is -2.35. The van der Waals surface area contributed by atoms with E-state index in [2.05, 4.69) is 26.1 Å². The first-order chi connectivity index (χ1) is 16.7. The highest BCUT2D eigenvalue weighted by Gasteiger charge is 2.25. The monoisotopic (exact) mass is 453 g/mol. The van der Waals surface area contributed by atoms with Gasteiger partial charge in [-0.25, -0.2) is 4.98 Å². The molecule has 0 spiro atoms. The SMILES string of the molecule is O=C(c1ccc2ccccc2c1)N1CCN(c2ccc(-c3noc(C4CCCC4)n3)cn2)CC1. The zero-order chi connectivity index (χ0) is 22.9. The number of carbonyl (C=O) groups excluding carboxylic acids is 1. The highest BCUT2D eigenvalue weighted by Crippen LogP contribution is 2.34. The number of rotatable bonds is 4. The van der Waals surface area contributed by atoms with Crippen LogP contribution >= 0.6 is 0 Å². The zero-order valence-electron chi connectivity index (χ0n) is 19.1. The fourth-order valence-electron chi connectivity index (χ4n) is 5.04. The maximum absolute atomic E-state index is 13.1. The molecule has 2 aromatic carbocycles. The summed E-state index contributed by atoms with van der Waals surface area (Å²) < 4.78 is 5.51. The van der Waals surface area contributed by atoms with E-state index in [0.29, 0.717) is 24.8 Å². The van der Waals surface area contributed by atoms with Gasteiger partial charge in [0.15, 0.2) is 0 Å². The largest absolute Gasteiger partial charge is 0.353 e. The predicted octanol–water partition coefficient (Wildman–Crippen LogP) is 4.90. The van der Waals surface area contributed by atoms with E-state index in [1.807, 2.05) is 59.6 Å². The standard InChI is InChI=1S/C27H27N5O2/c33-27(22-10-9-19-5-1-4-8-21(19)17-22)32-15-13-31(14-16-32)24-12-11-23(18-28-24)25-29-26(34-30-25)20-6-2-3-7-20/h1,4-5,8-12,17-18,20H,2-3,6-7,13-16H2. The van der Waals surface area contributed by atoms with Gasteiger partial charge in [0.25, 0.3) is 5.91 Å². The summed E-state index contributed by atoms with van der Waals surface area (Å²) in [6, 6.07) is 18.1. The minimum atomic E-state index is 0.0869. The second kappa shape index (κ2) is 8.89. The van der Waals surface area contributed by atoms with Crippen LogP contribution in [0.1, 0.15) is 47.8 Å². The van der Waals surface area contributed by atoms with Crippen molar-refractivity contribution in [1.29, 1.82) is 0 Å². The summed E-state index contributed by atoms with van der Waals surface area (Å²) in [6.45, 7) is 2.84. The van der Waals surface area contributed by atoms with E-state index < -0.39 is 0 Å². The minimum absolute atomic E-state index is 0.0869. The topological polar surface area (TPSA) is 75.4 Å². The Labute approximate surface area is 198 Å². The molecule has 1 amide bonds. The van der Waals surface area contributed by atoms with E-state index >= 15 is 0 Å². The molecule has 6 rings (SSSR count). The lowest BCUT2D eigenvalue weighted by atomic mass is 10.1. The minimum Gasteiger partial charge on any atom is -0.353 e. The first-order valence-electron chi connectivity index (χ1n) is 12.1. The van der Waals surface area contributed by atoms with Gasteiger partial charge in [0.1, 0.15) is 5.82 Å². The molecular weight excluding hydrogens is 426 g/mol. The van der Waals surface area contributed by atoms with Crippen LogP contribution in [0.2, 0.25) is 0 Å². The van der Waals surface area contributed by atoms with E-state index in [4.69, 9.17) is 4.52 Å². The van der Waals surface area contributed by atoms with Crippen LogP contribution in [0.15, 0.2) is 65.3 Å². The molecule has 3 heterocycles. The van der Waals surface area contributed by atoms with Gasteiger partial charge in [-0.2, -0.15) is 4.98 Å². The molecule has 0 unspecified atom stereocenters. The number of carbonyl (C=O) groups is 1. The van der Waals surface area contributed by atoms with Crippen LogP contribution in [-0.4, -0.2) is 52.1 Å². The number of hydrogen-bond donors (Lipinski definition) is 0. The molecule has 1 saturated carbocycles. The lowest BCUT2D eigenvalue weighted by molar-refractivity contribution is 0.0746. The van der Waals surface area contributed by atoms with Crippen molar-refractivity contribution < 1.29 is 9.32 Å². The van der Waals surface area contributed by atoms with Crippen LogP contribution < -0.4 is 4.90 Å². The summed E-state index contributed by atoms with van der Waals surface area (Å²) in [5.74, 6) is 2.75. The van der Waals surface area contributed by atoms with Gasteiger partial charge in [0, 0.05) is 49.4 Å². The number of benzene rings is 2. The van der Waals surface area contributed by atoms with E-state index in [0.717, 1.165) is 59.5 Å². The van der Waals surface area contributed by atoms with Crippen molar-refractivity contribution in [2.24, 2.45) is 0 Å². The molecule has 7 heteroatoms. The number of aromatic nitrogens is 3. The summed E-state index contributed by atoms with van der Waals surface area (Å²) in [5.41, 5.74) is 1.61. The van der Waals surface area contributed by atoms with Crippen molar-refractivity contribution >= 4 is 22.5 Å². The second-order valence-corrected chi connectivity index (χ2v) is 9.18. The summed E-state index contributed by atoms with van der Waals surface area (Å²) in [6.07, 6.45) is 6.55. The Morgan fingerprint density at radius 2 is 1.71 bits per heavy atom. The molecule has 0 atom stereocenters. The van der Waals surface area contributed by atoms with Gasteiger partial charge in [-0.05, 0) is 47.9 Å². The Morgan fingerprint density at radius 3 is 2.47 bits per heavy atom. The van der Waals surface area contributed by atoms with Crippen LogP contribution in [-0.2, 0) is 0 Å². The summed E-state index contributed by atoms with van der Waals surface area (Å²) in [5, 5.41) is 6.40. The fourth-order valence-corrected chi connectivity index (χ4v) is 5.04. The maximum atomic E-state index is 13.1. The average Bonchev–Trinajstić information content (AvgIpc) is 3.61. The molecule has 2 aromatic heterocycles. The molecule has 34 heavy (non-hydrogen) atoms. The second-order valence-electron chi connectivity index (χ2n) is 9.18. The number of pyridine rings is 1. The Morgan fingerprint density at radius 1 is 0.912 bits per heavy atom. The predicted molar refractivity (Wildman–Crippen MR) is 131 cm³/mol. The van der Waals surface area contributed by atoms with Crippen molar-refractivity contribution in [3.05, 3.63) is 72.2 Å². The van der Waals surface area contributed by atoms with Crippen molar-refractivity contribution in [1.82, 2.24) is 20.0 Å². The van der Waals surface area contributed by atoms with Gasteiger partial charge >= 0.3 is 0 Å². The number of piperazine rings is 1. The molecule has 0 N–H and O–H groups in total. The Hall–Kier alpha value is -3.74. The van der Waals surface area contributed by atoms with E-state index in [-0.39, 0.29) is 5.91 Å². The number of amides is 1. The van der Waals surface area contributed by atoms with E-state index in [1.165, 1.54) is 12.8 Å². The number of fused-ring (bicyclic) bond motifs is 1. The zero-order valence-corrected chi connectivity index (χ0v) is 19.1. The summed E-state index contributed by atoms with van der Waals surface area (Å²) in [7, 11) is 0. The van der Waals surface area contributed by atoms with Gasteiger partial charge in [-0.15, -0.1) is 0 Å². The van der Waals surface area contributed by atoms with Crippen LogP contribution in [0.3, 0.4) is 0 Å². The maximum Gasteiger partial charge on any atom is 0.253 e. The number of nitrogens with zero attached hydrogens (tertiary/aromatic N) is 5. The molecule has 2 aliphatic rings. The first-order valence-corrected chi connectivity index (χ1v) is 12.1. The van der Waals surface area contributed by atoms with Crippen molar-refractivity contribution in [3.63, 3.8) is 0 Å². The smallest absolute Gasteiger partial charge is 0.253 e. The van der Waals surface area contributed by atoms with Crippen molar-refractivity contribution in [2.45, 2.75) is 31.6 Å². The number of hydrogen-bond acceptors (Lipinski definition) is 6. The Kier molecular flexibility index (Phi) is 5.45. The molecule has 172 valence electrons. The molecular formula is C27H27N5O2. The molecule has 0 radical (unpaired) electrons. The van der Waals surface area contributed by atoms with Gasteiger partial charge < -0.3 is 14.3 Å². The molecule has 1 saturated heterocycles. The van der Waals surface area contributed by atoms with Crippen molar-refractivity contribution in [2.75, 3.05) is 31.1 Å². The van der Waals surface area contributed by atoms with Gasteiger partial charge in [0.05, 0.1) is 0 Å². The van der Waals surface area contributed by atoms with Gasteiger partial charge in [-0.3, -0.25) is 4.79 Å². The third-order valence-electron chi connectivity index (χ3n) is 7.04. The molecule has 1 aliphatic carbocycles. The van der Waals surface area contributed by atoms with E-state index in [1.54, 1.807) is 0 Å². The van der Waals surface area contributed by atoms with Crippen LogP contribution in [0.4, 0.5) is 5.82 Å². The Bertz CT molecular complexity index is 1300. The molecule has 1 aliphatic heterocycles. The highest BCUT2D eigenvalue weighted by atomic mass is 16.5. The lowest BCUT2D eigenvalue weighted by Crippen LogP contribution is -2.49. The fraction of sp³-hybridized carbons (Fsp3) is 0.333. The summed E-state index contributed by atoms with van der Waals surface area (Å²) >= 11 is 0. The molecule has 0 bridgehead atoms. The van der Waals surface area contributed by atoms with Crippen LogP contribution in [0.25, 0.3) is 22.2 Å².